The van der Waals surface area contributed by atoms with Crippen LogP contribution < -0.4 is 0 Å². The highest BCUT2D eigenvalue weighted by Crippen LogP contribution is 2.68. The molecular weight excluding hydrogens is 416 g/mol. The Bertz CT molecular complexity index is 648. The third-order valence-corrected chi connectivity index (χ3v) is 11.0. The summed E-state index contributed by atoms with van der Waals surface area (Å²) in [5, 5.41) is 9.11. The topological polar surface area (TPSA) is 54.4 Å². The summed E-state index contributed by atoms with van der Waals surface area (Å²) in [5.41, 5.74) is 0.0461. The van der Waals surface area contributed by atoms with Crippen molar-refractivity contribution in [3.05, 3.63) is 0 Å². The maximum Gasteiger partial charge on any atom is 0.303 e. The van der Waals surface area contributed by atoms with Crippen LogP contribution in [0.15, 0.2) is 0 Å². The van der Waals surface area contributed by atoms with Crippen LogP contribution in [0.1, 0.15) is 85.0 Å². The Morgan fingerprint density at radius 3 is 2.64 bits per heavy atom. The first-order chi connectivity index (χ1) is 13.2. The Morgan fingerprint density at radius 1 is 1.18 bits per heavy atom. The van der Waals surface area contributed by atoms with Crippen molar-refractivity contribution >= 4 is 27.7 Å². The highest BCUT2D eigenvalue weighted by molar-refractivity contribution is 9.10. The molecule has 0 aromatic rings. The molecule has 0 radical (unpaired) electrons. The summed E-state index contributed by atoms with van der Waals surface area (Å²) in [6, 6.07) is 0. The third kappa shape index (κ3) is 2.94. The van der Waals surface area contributed by atoms with E-state index in [2.05, 4.69) is 36.7 Å². The average Bonchev–Trinajstić information content (AvgIpc) is 3.01. The van der Waals surface area contributed by atoms with E-state index < -0.39 is 5.97 Å². The van der Waals surface area contributed by atoms with Crippen LogP contribution in [0.2, 0.25) is 0 Å². The number of aliphatic carboxylic acids is 1. The van der Waals surface area contributed by atoms with Crippen LogP contribution in [0.25, 0.3) is 0 Å². The van der Waals surface area contributed by atoms with E-state index in [1.54, 1.807) is 0 Å². The zero-order chi connectivity index (χ0) is 20.3. The number of alkyl halides is 1. The van der Waals surface area contributed by atoms with E-state index >= 15 is 0 Å². The van der Waals surface area contributed by atoms with Crippen LogP contribution in [0.3, 0.4) is 0 Å². The van der Waals surface area contributed by atoms with Crippen molar-refractivity contribution in [2.75, 3.05) is 0 Å². The molecule has 4 heteroatoms. The minimum Gasteiger partial charge on any atom is -0.481 e. The van der Waals surface area contributed by atoms with Gasteiger partial charge in [0.15, 0.2) is 5.78 Å². The number of Topliss-reactive ketones (excluding diaryl/α,β-unsaturated/α-hetero) is 1. The number of halogens is 1. The van der Waals surface area contributed by atoms with Gasteiger partial charge in [0.25, 0.3) is 0 Å². The third-order valence-electron chi connectivity index (χ3n) is 9.97. The molecule has 0 aromatic heterocycles. The van der Waals surface area contributed by atoms with Crippen LogP contribution >= 0.6 is 15.9 Å². The number of hydrogen-bond donors (Lipinski definition) is 1. The fourth-order valence-electron chi connectivity index (χ4n) is 8.55. The number of carboxylic acids is 1. The molecule has 1 N–H and O–H groups in total. The lowest BCUT2D eigenvalue weighted by atomic mass is 9.44. The number of fused-ring (bicyclic) bond motifs is 5. The van der Waals surface area contributed by atoms with Crippen LogP contribution in [0.4, 0.5) is 0 Å². The average molecular weight is 453 g/mol. The molecule has 9 atom stereocenters. The minimum absolute atomic E-state index is 0.0167. The second-order valence-electron chi connectivity index (χ2n) is 11.0. The number of ketones is 1. The van der Waals surface area contributed by atoms with Gasteiger partial charge in [0.05, 0.1) is 4.83 Å². The SMILES string of the molecule is C[C@H](CCC(=O)O)[C@@H]1CC[C@@H]2[C@@H]3CC[C@@H]4CCCC[C@@]4(C)[C@H]3[C@H](Br)C(=O)[C@@]21C. The van der Waals surface area contributed by atoms with Crippen LogP contribution in [0.5, 0.6) is 0 Å². The predicted molar refractivity (Wildman–Crippen MR) is 114 cm³/mol. The van der Waals surface area contributed by atoms with Crippen molar-refractivity contribution in [1.82, 2.24) is 0 Å². The summed E-state index contributed by atoms with van der Waals surface area (Å²) < 4.78 is 0. The molecule has 28 heavy (non-hydrogen) atoms. The summed E-state index contributed by atoms with van der Waals surface area (Å²) in [4.78, 5) is 25.0. The molecule has 4 aliphatic carbocycles. The second-order valence-corrected chi connectivity index (χ2v) is 12.0. The van der Waals surface area contributed by atoms with E-state index in [0.717, 1.165) is 18.8 Å². The molecule has 0 unspecified atom stereocenters. The first-order valence-corrected chi connectivity index (χ1v) is 12.5. The zero-order valence-corrected chi connectivity index (χ0v) is 19.3. The number of carbonyl (C=O) groups excluding carboxylic acids is 1. The standard InChI is InChI=1S/C24H37BrO3/c1-14(7-12-19(26)27)17-10-11-18-16-9-8-15-6-4-5-13-23(15,2)20(16)21(25)22(28)24(17,18)3/h14-18,20-21H,4-13H2,1-3H3,(H,26,27)/t14-,15+,16+,17+,18-,20-,21+,23-,24-/m1/s1. The molecule has 0 heterocycles. The summed E-state index contributed by atoms with van der Waals surface area (Å²) in [6.07, 6.45) is 11.1. The van der Waals surface area contributed by atoms with Gasteiger partial charge in [-0.3, -0.25) is 9.59 Å². The molecule has 4 fully saturated rings. The molecule has 4 aliphatic rings. The van der Waals surface area contributed by atoms with E-state index in [0.29, 0.717) is 47.2 Å². The quantitative estimate of drug-likeness (QED) is 0.524. The summed E-state index contributed by atoms with van der Waals surface area (Å²) in [7, 11) is 0. The van der Waals surface area contributed by atoms with Crippen molar-refractivity contribution in [2.24, 2.45) is 46.3 Å². The van der Waals surface area contributed by atoms with Gasteiger partial charge in [0.1, 0.15) is 0 Å². The monoisotopic (exact) mass is 452 g/mol. The maximum atomic E-state index is 13.9. The Labute approximate surface area is 178 Å². The van der Waals surface area contributed by atoms with E-state index in [9.17, 15) is 9.59 Å². The lowest BCUT2D eigenvalue weighted by molar-refractivity contribution is -0.155. The highest BCUT2D eigenvalue weighted by atomic mass is 79.9. The number of rotatable bonds is 4. The van der Waals surface area contributed by atoms with Crippen molar-refractivity contribution in [3.8, 4) is 0 Å². The molecule has 0 spiro atoms. The summed E-state index contributed by atoms with van der Waals surface area (Å²) >= 11 is 3.96. The van der Waals surface area contributed by atoms with Crippen LogP contribution in [0, 0.1) is 46.3 Å². The minimum atomic E-state index is -0.719. The lowest BCUT2D eigenvalue weighted by Gasteiger charge is -2.61. The molecule has 0 amide bonds. The van der Waals surface area contributed by atoms with Gasteiger partial charge in [-0.15, -0.1) is 0 Å². The maximum absolute atomic E-state index is 13.9. The highest BCUT2D eigenvalue weighted by Gasteiger charge is 2.66. The van der Waals surface area contributed by atoms with Gasteiger partial charge in [0, 0.05) is 11.8 Å². The van der Waals surface area contributed by atoms with Gasteiger partial charge in [-0.2, -0.15) is 0 Å². The number of carbonyl (C=O) groups is 2. The van der Waals surface area contributed by atoms with Crippen LogP contribution in [-0.2, 0) is 9.59 Å². The number of carboxylic acid groups (broad SMARTS) is 1. The molecule has 0 bridgehead atoms. The van der Waals surface area contributed by atoms with Crippen molar-refractivity contribution < 1.29 is 14.7 Å². The Balaban J connectivity index is 1.63. The molecule has 0 saturated heterocycles. The second kappa shape index (κ2) is 7.39. The fraction of sp³-hybridized carbons (Fsp3) is 0.917. The Hall–Kier alpha value is -0.380. The molecule has 3 nitrogen and oxygen atoms in total. The van der Waals surface area contributed by atoms with Crippen molar-refractivity contribution in [1.29, 1.82) is 0 Å². The molecule has 4 rings (SSSR count). The molecule has 4 saturated carbocycles. The summed E-state index contributed by atoms with van der Waals surface area (Å²) in [6.45, 7) is 6.93. The van der Waals surface area contributed by atoms with Gasteiger partial charge < -0.3 is 5.11 Å². The van der Waals surface area contributed by atoms with Gasteiger partial charge >= 0.3 is 5.97 Å². The van der Waals surface area contributed by atoms with E-state index in [1.807, 2.05) is 0 Å². The van der Waals surface area contributed by atoms with E-state index in [1.165, 1.54) is 38.5 Å². The fourth-order valence-corrected chi connectivity index (χ4v) is 10.0. The molecule has 0 aliphatic heterocycles. The first kappa shape index (κ1) is 20.9. The van der Waals surface area contributed by atoms with Gasteiger partial charge in [0.2, 0.25) is 0 Å². The van der Waals surface area contributed by atoms with Crippen molar-refractivity contribution in [2.45, 2.75) is 89.8 Å². The van der Waals surface area contributed by atoms with Crippen LogP contribution in [-0.4, -0.2) is 21.7 Å². The number of hydrogen-bond acceptors (Lipinski definition) is 2. The molecule has 0 aromatic carbocycles. The van der Waals surface area contributed by atoms with E-state index in [-0.39, 0.29) is 16.7 Å². The zero-order valence-electron chi connectivity index (χ0n) is 17.8. The lowest BCUT2D eigenvalue weighted by Crippen LogP contribution is -2.61. The van der Waals surface area contributed by atoms with Gasteiger partial charge in [-0.1, -0.05) is 49.5 Å². The molecular formula is C24H37BrO3. The Kier molecular flexibility index (Phi) is 5.51. The largest absolute Gasteiger partial charge is 0.481 e. The summed E-state index contributed by atoms with van der Waals surface area (Å²) in [5.74, 6) is 2.80. The van der Waals surface area contributed by atoms with Gasteiger partial charge in [-0.05, 0) is 85.9 Å². The first-order valence-electron chi connectivity index (χ1n) is 11.6. The molecule has 158 valence electrons. The van der Waals surface area contributed by atoms with Gasteiger partial charge in [-0.25, -0.2) is 0 Å². The smallest absolute Gasteiger partial charge is 0.303 e. The normalized spacial score (nSPS) is 49.1. The Morgan fingerprint density at radius 2 is 1.93 bits per heavy atom. The van der Waals surface area contributed by atoms with E-state index in [4.69, 9.17) is 5.11 Å². The van der Waals surface area contributed by atoms with Crippen molar-refractivity contribution in [3.63, 3.8) is 0 Å². The predicted octanol–water partition coefficient (Wildman–Crippen LogP) is 6.09.